The molecule has 18 heavy (non-hydrogen) atoms. The van der Waals surface area contributed by atoms with Crippen LogP contribution < -0.4 is 11.1 Å². The van der Waals surface area contributed by atoms with Crippen LogP contribution in [-0.4, -0.2) is 16.0 Å². The van der Waals surface area contributed by atoms with Crippen LogP contribution in [0, 0.1) is 20.8 Å². The van der Waals surface area contributed by atoms with Gasteiger partial charge in [0.05, 0.1) is 5.69 Å². The third-order valence-electron chi connectivity index (χ3n) is 2.62. The van der Waals surface area contributed by atoms with Crippen LogP contribution in [0.15, 0.2) is 16.7 Å². The van der Waals surface area contributed by atoms with Gasteiger partial charge in [0.15, 0.2) is 0 Å². The summed E-state index contributed by atoms with van der Waals surface area (Å²) < 4.78 is 5.02. The van der Waals surface area contributed by atoms with Crippen LogP contribution in [0.4, 0.5) is 11.7 Å². The van der Waals surface area contributed by atoms with Gasteiger partial charge in [-0.2, -0.15) is 0 Å². The zero-order valence-corrected chi connectivity index (χ0v) is 10.4. The van der Waals surface area contributed by atoms with Crippen molar-refractivity contribution in [1.29, 1.82) is 0 Å². The van der Waals surface area contributed by atoms with Gasteiger partial charge in [-0.05, 0) is 32.9 Å². The summed E-state index contributed by atoms with van der Waals surface area (Å²) in [5, 5.41) is 6.42. The molecule has 0 saturated heterocycles. The van der Waals surface area contributed by atoms with E-state index < -0.39 is 0 Å². The van der Waals surface area contributed by atoms with Gasteiger partial charge >= 0.3 is 0 Å². The summed E-state index contributed by atoms with van der Waals surface area (Å²) in [6.45, 7) is 5.41. The average molecular weight is 246 g/mol. The zero-order valence-electron chi connectivity index (χ0n) is 10.4. The molecule has 2 aromatic heterocycles. The van der Waals surface area contributed by atoms with E-state index in [2.05, 4.69) is 15.5 Å². The molecule has 0 spiro atoms. The molecule has 0 aliphatic carbocycles. The SMILES string of the molecule is Cc1cc(C(=O)Nc2onc(C)c2C)cc(N)n1. The molecule has 2 aromatic rings. The summed E-state index contributed by atoms with van der Waals surface area (Å²) in [6, 6.07) is 3.17. The molecule has 0 unspecified atom stereocenters. The van der Waals surface area contributed by atoms with E-state index in [-0.39, 0.29) is 5.91 Å². The Kier molecular flexibility index (Phi) is 3.01. The maximum atomic E-state index is 12.0. The third kappa shape index (κ3) is 2.32. The first-order valence-corrected chi connectivity index (χ1v) is 5.46. The summed E-state index contributed by atoms with van der Waals surface area (Å²) in [5.74, 6) is 0.364. The minimum Gasteiger partial charge on any atom is -0.384 e. The largest absolute Gasteiger partial charge is 0.384 e. The van der Waals surface area contributed by atoms with E-state index in [1.165, 1.54) is 6.07 Å². The van der Waals surface area contributed by atoms with Gasteiger partial charge in [-0.15, -0.1) is 0 Å². The number of carbonyl (C=O) groups is 1. The molecule has 6 nitrogen and oxygen atoms in total. The number of amides is 1. The normalized spacial score (nSPS) is 10.4. The average Bonchev–Trinajstić information content (AvgIpc) is 2.59. The molecule has 0 radical (unpaired) electrons. The van der Waals surface area contributed by atoms with Crippen molar-refractivity contribution in [1.82, 2.24) is 10.1 Å². The van der Waals surface area contributed by atoms with Crippen molar-refractivity contribution in [2.45, 2.75) is 20.8 Å². The molecule has 1 amide bonds. The second kappa shape index (κ2) is 4.48. The van der Waals surface area contributed by atoms with Gasteiger partial charge in [0, 0.05) is 16.8 Å². The number of rotatable bonds is 2. The van der Waals surface area contributed by atoms with E-state index in [1.807, 2.05) is 13.8 Å². The van der Waals surface area contributed by atoms with Gasteiger partial charge in [0.1, 0.15) is 5.82 Å². The standard InChI is InChI=1S/C12H14N4O2/c1-6-4-9(5-10(13)14-6)11(17)15-12-7(2)8(3)16-18-12/h4-5H,1-3H3,(H2,13,14)(H,15,17). The first-order chi connectivity index (χ1) is 8.47. The molecule has 0 saturated carbocycles. The second-order valence-electron chi connectivity index (χ2n) is 4.10. The van der Waals surface area contributed by atoms with Crippen molar-refractivity contribution in [3.63, 3.8) is 0 Å². The number of aryl methyl sites for hydroxylation is 2. The maximum Gasteiger partial charge on any atom is 0.258 e. The van der Waals surface area contributed by atoms with Crippen molar-refractivity contribution >= 4 is 17.6 Å². The number of hydrogen-bond acceptors (Lipinski definition) is 5. The lowest BCUT2D eigenvalue weighted by Gasteiger charge is -2.04. The molecule has 6 heteroatoms. The van der Waals surface area contributed by atoms with Crippen LogP contribution in [0.1, 0.15) is 27.3 Å². The minimum atomic E-state index is -0.300. The number of pyridine rings is 1. The van der Waals surface area contributed by atoms with Crippen LogP contribution in [0.3, 0.4) is 0 Å². The van der Waals surface area contributed by atoms with E-state index >= 15 is 0 Å². The number of hydrogen-bond donors (Lipinski definition) is 2. The van der Waals surface area contributed by atoms with Gasteiger partial charge in [0.2, 0.25) is 5.88 Å². The fourth-order valence-electron chi connectivity index (χ4n) is 1.53. The molecule has 0 aromatic carbocycles. The van der Waals surface area contributed by atoms with Gasteiger partial charge in [-0.25, -0.2) is 4.98 Å². The molecule has 2 rings (SSSR count). The number of carbonyl (C=O) groups excluding carboxylic acids is 1. The molecule has 2 heterocycles. The smallest absolute Gasteiger partial charge is 0.258 e. The molecular formula is C12H14N4O2. The molecule has 0 fully saturated rings. The highest BCUT2D eigenvalue weighted by Crippen LogP contribution is 2.18. The molecular weight excluding hydrogens is 232 g/mol. The van der Waals surface area contributed by atoms with Crippen LogP contribution in [0.25, 0.3) is 0 Å². The molecule has 0 aliphatic rings. The van der Waals surface area contributed by atoms with E-state index in [1.54, 1.807) is 13.0 Å². The van der Waals surface area contributed by atoms with Gasteiger partial charge < -0.3 is 10.3 Å². The predicted molar refractivity (Wildman–Crippen MR) is 67.3 cm³/mol. The number of aromatic nitrogens is 2. The van der Waals surface area contributed by atoms with Gasteiger partial charge in [-0.1, -0.05) is 5.16 Å². The number of nitrogens with one attached hydrogen (secondary N) is 1. The van der Waals surface area contributed by atoms with Crippen LogP contribution in [0.2, 0.25) is 0 Å². The molecule has 94 valence electrons. The Morgan fingerprint density at radius 3 is 2.61 bits per heavy atom. The van der Waals surface area contributed by atoms with E-state index in [4.69, 9.17) is 10.3 Å². The fourth-order valence-corrected chi connectivity index (χ4v) is 1.53. The summed E-state index contributed by atoms with van der Waals surface area (Å²) in [4.78, 5) is 16.0. The van der Waals surface area contributed by atoms with Crippen molar-refractivity contribution in [3.05, 3.63) is 34.6 Å². The highest BCUT2D eigenvalue weighted by molar-refractivity contribution is 6.04. The van der Waals surface area contributed by atoms with Crippen LogP contribution >= 0.6 is 0 Å². The number of anilines is 2. The fraction of sp³-hybridized carbons (Fsp3) is 0.250. The first-order valence-electron chi connectivity index (χ1n) is 5.46. The minimum absolute atomic E-state index is 0.300. The van der Waals surface area contributed by atoms with Crippen molar-refractivity contribution in [3.8, 4) is 0 Å². The Morgan fingerprint density at radius 2 is 2.06 bits per heavy atom. The Hall–Kier alpha value is -2.37. The van der Waals surface area contributed by atoms with E-state index in [0.29, 0.717) is 23.0 Å². The summed E-state index contributed by atoms with van der Waals surface area (Å²) in [6.07, 6.45) is 0. The monoisotopic (exact) mass is 246 g/mol. The second-order valence-corrected chi connectivity index (χ2v) is 4.10. The highest BCUT2D eigenvalue weighted by atomic mass is 16.5. The topological polar surface area (TPSA) is 94.0 Å². The van der Waals surface area contributed by atoms with Crippen LogP contribution in [0.5, 0.6) is 0 Å². The summed E-state index contributed by atoms with van der Waals surface area (Å²) in [7, 11) is 0. The Labute approximate surface area is 104 Å². The molecule has 0 aliphatic heterocycles. The molecule has 3 N–H and O–H groups in total. The lowest BCUT2D eigenvalue weighted by molar-refractivity contribution is 0.102. The Balaban J connectivity index is 2.24. The Bertz CT molecular complexity index is 584. The summed E-state index contributed by atoms with van der Waals surface area (Å²) >= 11 is 0. The van der Waals surface area contributed by atoms with Crippen LogP contribution in [-0.2, 0) is 0 Å². The van der Waals surface area contributed by atoms with Crippen molar-refractivity contribution < 1.29 is 9.32 Å². The number of nitrogens with zero attached hydrogens (tertiary/aromatic N) is 2. The predicted octanol–water partition coefficient (Wildman–Crippen LogP) is 1.83. The van der Waals surface area contributed by atoms with Gasteiger partial charge in [0.25, 0.3) is 5.91 Å². The summed E-state index contributed by atoms with van der Waals surface area (Å²) in [5.41, 5.74) is 8.28. The Morgan fingerprint density at radius 1 is 1.33 bits per heavy atom. The molecule has 0 bridgehead atoms. The highest BCUT2D eigenvalue weighted by Gasteiger charge is 2.14. The van der Waals surface area contributed by atoms with Crippen molar-refractivity contribution in [2.24, 2.45) is 0 Å². The molecule has 0 atom stereocenters. The van der Waals surface area contributed by atoms with E-state index in [9.17, 15) is 4.79 Å². The van der Waals surface area contributed by atoms with E-state index in [0.717, 1.165) is 11.3 Å². The lowest BCUT2D eigenvalue weighted by atomic mass is 10.2. The third-order valence-corrected chi connectivity index (χ3v) is 2.62. The number of nitrogens with two attached hydrogens (primary N) is 1. The lowest BCUT2D eigenvalue weighted by Crippen LogP contribution is -2.13. The zero-order chi connectivity index (χ0) is 13.3. The van der Waals surface area contributed by atoms with Gasteiger partial charge in [-0.3, -0.25) is 10.1 Å². The quantitative estimate of drug-likeness (QED) is 0.843. The number of nitrogen functional groups attached to an aromatic ring is 1. The van der Waals surface area contributed by atoms with Crippen molar-refractivity contribution in [2.75, 3.05) is 11.1 Å². The maximum absolute atomic E-state index is 12.0. The first kappa shape index (κ1) is 12.1.